The van der Waals surface area contributed by atoms with Crippen LogP contribution in [0.3, 0.4) is 0 Å². The molecule has 0 atom stereocenters. The smallest absolute Gasteiger partial charge is 0.339 e. The number of carbonyl (C=O) groups excluding carboxylic acids is 2. The molecule has 2 rings (SSSR count). The second-order valence-corrected chi connectivity index (χ2v) is 6.28. The van der Waals surface area contributed by atoms with Crippen LogP contribution in [0.1, 0.15) is 58.9 Å². The minimum Gasteiger partial charge on any atom is -0.462 e. The fourth-order valence-corrected chi connectivity index (χ4v) is 2.56. The summed E-state index contributed by atoms with van der Waals surface area (Å²) in [5.41, 5.74) is -0.870. The van der Waals surface area contributed by atoms with Gasteiger partial charge in [-0.05, 0) is 24.6 Å². The molecule has 0 aliphatic heterocycles. The quantitative estimate of drug-likeness (QED) is 0.184. The van der Waals surface area contributed by atoms with Crippen LogP contribution in [0.4, 0.5) is 17.6 Å². The van der Waals surface area contributed by atoms with Gasteiger partial charge in [-0.15, -0.1) is 0 Å². The SMILES string of the molecule is CCCCCCOC(=O)c1ccccc1C(=O)OCc1cc(F)c(F)c(F)c1F. The van der Waals surface area contributed by atoms with Crippen LogP contribution in [-0.2, 0) is 16.1 Å². The van der Waals surface area contributed by atoms with Gasteiger partial charge in [0.1, 0.15) is 6.61 Å². The normalized spacial score (nSPS) is 10.7. The van der Waals surface area contributed by atoms with E-state index in [1.807, 2.05) is 0 Å². The lowest BCUT2D eigenvalue weighted by molar-refractivity contribution is 0.0432. The van der Waals surface area contributed by atoms with Gasteiger partial charge in [-0.2, -0.15) is 0 Å². The molecule has 2 aromatic carbocycles. The van der Waals surface area contributed by atoms with E-state index in [1.54, 1.807) is 0 Å². The zero-order valence-electron chi connectivity index (χ0n) is 15.8. The van der Waals surface area contributed by atoms with Crippen LogP contribution >= 0.6 is 0 Å². The molecule has 8 heteroatoms. The number of benzene rings is 2. The molecule has 0 aliphatic carbocycles. The Morgan fingerprint density at radius 2 is 1.45 bits per heavy atom. The summed E-state index contributed by atoms with van der Waals surface area (Å²) in [6.07, 6.45) is 3.64. The van der Waals surface area contributed by atoms with Crippen LogP contribution in [0.25, 0.3) is 0 Å². The number of esters is 2. The van der Waals surface area contributed by atoms with Gasteiger partial charge in [-0.1, -0.05) is 38.3 Å². The van der Waals surface area contributed by atoms with E-state index in [2.05, 4.69) is 6.92 Å². The molecule has 0 aromatic heterocycles. The Morgan fingerprint density at radius 1 is 0.828 bits per heavy atom. The van der Waals surface area contributed by atoms with Gasteiger partial charge in [0.2, 0.25) is 0 Å². The average molecular weight is 412 g/mol. The molecule has 0 saturated heterocycles. The van der Waals surface area contributed by atoms with E-state index < -0.39 is 47.4 Å². The van der Waals surface area contributed by atoms with Crippen LogP contribution < -0.4 is 0 Å². The second-order valence-electron chi connectivity index (χ2n) is 6.28. The molecule has 0 bridgehead atoms. The Labute approximate surface area is 165 Å². The third-order valence-electron chi connectivity index (χ3n) is 4.13. The van der Waals surface area contributed by atoms with E-state index in [1.165, 1.54) is 24.3 Å². The number of halogens is 4. The zero-order chi connectivity index (χ0) is 21.4. The Kier molecular flexibility index (Phi) is 8.18. The summed E-state index contributed by atoms with van der Waals surface area (Å²) in [7, 11) is 0. The van der Waals surface area contributed by atoms with Crippen molar-refractivity contribution in [3.05, 3.63) is 70.3 Å². The molecule has 0 radical (unpaired) electrons. The van der Waals surface area contributed by atoms with Crippen molar-refractivity contribution < 1.29 is 36.6 Å². The van der Waals surface area contributed by atoms with Gasteiger partial charge in [0.25, 0.3) is 0 Å². The van der Waals surface area contributed by atoms with Crippen LogP contribution in [0.15, 0.2) is 30.3 Å². The van der Waals surface area contributed by atoms with E-state index in [9.17, 15) is 27.2 Å². The third kappa shape index (κ3) is 5.79. The minimum atomic E-state index is -2.00. The molecule has 0 heterocycles. The standard InChI is InChI=1S/C21H20F4O4/c1-2-3-4-7-10-28-20(26)14-8-5-6-9-15(14)21(27)29-12-13-11-16(22)18(24)19(25)17(13)23/h5-6,8-9,11H,2-4,7,10,12H2,1H3. The summed E-state index contributed by atoms with van der Waals surface area (Å²) in [6.45, 7) is 1.40. The molecule has 0 aliphatic rings. The number of hydrogen-bond acceptors (Lipinski definition) is 4. The molecule has 0 spiro atoms. The first-order chi connectivity index (χ1) is 13.9. The number of ether oxygens (including phenoxy) is 2. The predicted molar refractivity (Wildman–Crippen MR) is 96.3 cm³/mol. The van der Waals surface area contributed by atoms with Gasteiger partial charge in [-0.25, -0.2) is 27.2 Å². The van der Waals surface area contributed by atoms with Crippen LogP contribution in [0, 0.1) is 23.3 Å². The highest BCUT2D eigenvalue weighted by Gasteiger charge is 2.22. The summed E-state index contributed by atoms with van der Waals surface area (Å²) < 4.78 is 63.2. The van der Waals surface area contributed by atoms with E-state index in [0.29, 0.717) is 12.5 Å². The molecule has 0 N–H and O–H groups in total. The highest BCUT2D eigenvalue weighted by molar-refractivity contribution is 6.03. The maximum absolute atomic E-state index is 13.7. The van der Waals surface area contributed by atoms with Gasteiger partial charge in [0, 0.05) is 5.56 Å². The Bertz CT molecular complexity index is 883. The van der Waals surface area contributed by atoms with Crippen LogP contribution in [0.5, 0.6) is 0 Å². The summed E-state index contributed by atoms with van der Waals surface area (Å²) in [5.74, 6) is -8.96. The molecular formula is C21H20F4O4. The summed E-state index contributed by atoms with van der Waals surface area (Å²) >= 11 is 0. The molecule has 0 fully saturated rings. The Morgan fingerprint density at radius 3 is 2.07 bits per heavy atom. The first-order valence-corrected chi connectivity index (χ1v) is 9.12. The molecule has 4 nitrogen and oxygen atoms in total. The van der Waals surface area contributed by atoms with Crippen molar-refractivity contribution in [2.45, 2.75) is 39.2 Å². The molecule has 0 amide bonds. The van der Waals surface area contributed by atoms with Crippen molar-refractivity contribution in [3.63, 3.8) is 0 Å². The van der Waals surface area contributed by atoms with E-state index in [4.69, 9.17) is 9.47 Å². The van der Waals surface area contributed by atoms with Gasteiger partial charge in [0.05, 0.1) is 17.7 Å². The molecule has 156 valence electrons. The van der Waals surface area contributed by atoms with Crippen molar-refractivity contribution in [1.29, 1.82) is 0 Å². The first kappa shape index (κ1) is 22.4. The lowest BCUT2D eigenvalue weighted by Crippen LogP contribution is -2.15. The van der Waals surface area contributed by atoms with Crippen LogP contribution in [-0.4, -0.2) is 18.5 Å². The topological polar surface area (TPSA) is 52.6 Å². The minimum absolute atomic E-state index is 0.0510. The fraction of sp³-hybridized carbons (Fsp3) is 0.333. The van der Waals surface area contributed by atoms with Crippen molar-refractivity contribution in [2.75, 3.05) is 6.61 Å². The lowest BCUT2D eigenvalue weighted by Gasteiger charge is -2.11. The average Bonchev–Trinajstić information content (AvgIpc) is 2.73. The van der Waals surface area contributed by atoms with Crippen molar-refractivity contribution >= 4 is 11.9 Å². The summed E-state index contributed by atoms with van der Waals surface area (Å²) in [4.78, 5) is 24.5. The molecular weight excluding hydrogens is 392 g/mol. The van der Waals surface area contributed by atoms with Crippen molar-refractivity contribution in [2.24, 2.45) is 0 Å². The van der Waals surface area contributed by atoms with Crippen molar-refractivity contribution in [1.82, 2.24) is 0 Å². The van der Waals surface area contributed by atoms with Gasteiger partial charge in [-0.3, -0.25) is 0 Å². The largest absolute Gasteiger partial charge is 0.462 e. The fourth-order valence-electron chi connectivity index (χ4n) is 2.56. The van der Waals surface area contributed by atoms with Crippen molar-refractivity contribution in [3.8, 4) is 0 Å². The number of rotatable bonds is 9. The number of hydrogen-bond donors (Lipinski definition) is 0. The van der Waals surface area contributed by atoms with Crippen LogP contribution in [0.2, 0.25) is 0 Å². The Hall–Kier alpha value is -2.90. The molecule has 29 heavy (non-hydrogen) atoms. The maximum atomic E-state index is 13.7. The summed E-state index contributed by atoms with van der Waals surface area (Å²) in [6, 6.07) is 6.07. The lowest BCUT2D eigenvalue weighted by atomic mass is 10.1. The van der Waals surface area contributed by atoms with E-state index >= 15 is 0 Å². The first-order valence-electron chi connectivity index (χ1n) is 9.12. The van der Waals surface area contributed by atoms with E-state index in [-0.39, 0.29) is 17.7 Å². The predicted octanol–water partition coefficient (Wildman–Crippen LogP) is 5.34. The monoisotopic (exact) mass is 412 g/mol. The number of carbonyl (C=O) groups is 2. The molecule has 2 aromatic rings. The van der Waals surface area contributed by atoms with Gasteiger partial charge < -0.3 is 9.47 Å². The molecule has 0 unspecified atom stereocenters. The highest BCUT2D eigenvalue weighted by Crippen LogP contribution is 2.20. The number of unbranched alkanes of at least 4 members (excludes halogenated alkanes) is 3. The zero-order valence-corrected chi connectivity index (χ0v) is 15.8. The van der Waals surface area contributed by atoms with E-state index in [0.717, 1.165) is 19.3 Å². The highest BCUT2D eigenvalue weighted by atomic mass is 19.2. The maximum Gasteiger partial charge on any atom is 0.339 e. The third-order valence-corrected chi connectivity index (χ3v) is 4.13. The molecule has 0 saturated carbocycles. The van der Waals surface area contributed by atoms with Gasteiger partial charge >= 0.3 is 11.9 Å². The summed E-state index contributed by atoms with van der Waals surface area (Å²) in [5, 5.41) is 0. The second kappa shape index (κ2) is 10.6. The van der Waals surface area contributed by atoms with Gasteiger partial charge in [0.15, 0.2) is 23.3 Å². The Balaban J connectivity index is 2.06.